The second-order valence-corrected chi connectivity index (χ2v) is 13.9. The van der Waals surface area contributed by atoms with Gasteiger partial charge < -0.3 is 25.0 Å². The van der Waals surface area contributed by atoms with Crippen LogP contribution in [-0.4, -0.2) is 59.5 Å². The lowest BCUT2D eigenvalue weighted by molar-refractivity contribution is -0.153. The zero-order valence-electron chi connectivity index (χ0n) is 28.4. The number of carbonyl (C=O) groups excluding carboxylic acids is 3. The van der Waals surface area contributed by atoms with Crippen LogP contribution in [0.2, 0.25) is 0 Å². The maximum atomic E-state index is 14.2. The predicted octanol–water partition coefficient (Wildman–Crippen LogP) is 6.98. The molecule has 0 aliphatic carbocycles. The fourth-order valence-corrected chi connectivity index (χ4v) is 6.56. The number of aromatic nitrogens is 2. The first-order valence-corrected chi connectivity index (χ1v) is 17.1. The molecule has 11 heteroatoms. The molecule has 2 amide bonds. The zero-order chi connectivity index (χ0) is 34.5. The Hall–Kier alpha value is -4.77. The first-order chi connectivity index (χ1) is 23.5. The molecule has 258 valence electrons. The summed E-state index contributed by atoms with van der Waals surface area (Å²) in [4.78, 5) is 42.5. The minimum Gasteiger partial charge on any atom is -0.460 e. The minimum atomic E-state index is -0.709. The average molecular weight is 670 g/mol. The van der Waals surface area contributed by atoms with Gasteiger partial charge in [0.15, 0.2) is 5.69 Å². The Morgan fingerprint density at radius 2 is 1.71 bits per heavy atom. The van der Waals surface area contributed by atoms with E-state index < -0.39 is 23.3 Å². The lowest BCUT2D eigenvalue weighted by atomic mass is 10.0. The molecule has 1 atom stereocenters. The van der Waals surface area contributed by atoms with E-state index in [2.05, 4.69) is 15.5 Å². The molecule has 49 heavy (non-hydrogen) atoms. The molecular weight excluding hydrogens is 625 g/mol. The molecule has 6 rings (SSSR count). The number of hydrogen-bond acceptors (Lipinski definition) is 7. The predicted molar refractivity (Wildman–Crippen MR) is 188 cm³/mol. The highest BCUT2D eigenvalue weighted by molar-refractivity contribution is 6.13. The van der Waals surface area contributed by atoms with Crippen molar-refractivity contribution in [1.82, 2.24) is 9.78 Å². The van der Waals surface area contributed by atoms with Crippen molar-refractivity contribution in [1.29, 1.82) is 0 Å². The van der Waals surface area contributed by atoms with Crippen LogP contribution in [-0.2, 0) is 27.2 Å². The van der Waals surface area contributed by atoms with Gasteiger partial charge in [0, 0.05) is 48.8 Å². The van der Waals surface area contributed by atoms with Gasteiger partial charge >= 0.3 is 5.97 Å². The number of amides is 2. The third-order valence-electron chi connectivity index (χ3n) is 8.83. The van der Waals surface area contributed by atoms with E-state index >= 15 is 0 Å². The largest absolute Gasteiger partial charge is 0.460 e. The Morgan fingerprint density at radius 3 is 2.47 bits per heavy atom. The number of carbonyl (C=O) groups is 3. The van der Waals surface area contributed by atoms with E-state index in [1.54, 1.807) is 32.9 Å². The van der Waals surface area contributed by atoms with Crippen LogP contribution in [0.25, 0.3) is 10.9 Å². The maximum absolute atomic E-state index is 14.2. The molecule has 2 aliphatic rings. The van der Waals surface area contributed by atoms with Crippen LogP contribution in [0.1, 0.15) is 79.3 Å². The van der Waals surface area contributed by atoms with E-state index in [1.807, 2.05) is 35.0 Å². The summed E-state index contributed by atoms with van der Waals surface area (Å²) in [5.41, 5.74) is 2.67. The molecule has 1 unspecified atom stereocenters. The van der Waals surface area contributed by atoms with E-state index in [1.165, 1.54) is 18.2 Å². The first kappa shape index (κ1) is 34.1. The smallest absolute Gasteiger partial charge is 0.310 e. The molecular formula is C38H44FN5O5. The highest BCUT2D eigenvalue weighted by Gasteiger charge is 2.24. The molecule has 2 N–H and O–H groups in total. The molecule has 0 radical (unpaired) electrons. The van der Waals surface area contributed by atoms with Gasteiger partial charge in [0.25, 0.3) is 11.8 Å². The van der Waals surface area contributed by atoms with Crippen molar-refractivity contribution in [3.63, 3.8) is 0 Å². The second-order valence-electron chi connectivity index (χ2n) is 13.9. The second kappa shape index (κ2) is 14.8. The van der Waals surface area contributed by atoms with Crippen molar-refractivity contribution in [2.24, 2.45) is 5.92 Å². The van der Waals surface area contributed by atoms with E-state index in [4.69, 9.17) is 14.6 Å². The summed E-state index contributed by atoms with van der Waals surface area (Å²) in [6.07, 6.45) is 5.03. The fourth-order valence-electron chi connectivity index (χ4n) is 6.56. The Bertz CT molecular complexity index is 1840. The Kier molecular flexibility index (Phi) is 10.3. The summed E-state index contributed by atoms with van der Waals surface area (Å²) in [5, 5.41) is 11.5. The fraction of sp³-hybridized carbons (Fsp3) is 0.421. The highest BCUT2D eigenvalue weighted by Crippen LogP contribution is 2.32. The normalized spacial score (nSPS) is 16.7. The Balaban J connectivity index is 1.28. The number of halogens is 1. The van der Waals surface area contributed by atoms with Crippen molar-refractivity contribution in [3.8, 4) is 0 Å². The van der Waals surface area contributed by atoms with Gasteiger partial charge in [-0.2, -0.15) is 5.10 Å². The summed E-state index contributed by atoms with van der Waals surface area (Å²) in [7, 11) is 0. The molecule has 4 aromatic rings. The maximum Gasteiger partial charge on any atom is 0.310 e. The van der Waals surface area contributed by atoms with Gasteiger partial charge in [-0.05, 0) is 101 Å². The third kappa shape index (κ3) is 8.45. The molecule has 2 fully saturated rings. The van der Waals surface area contributed by atoms with Gasteiger partial charge in [-0.3, -0.25) is 19.1 Å². The number of hydrogen-bond donors (Lipinski definition) is 2. The number of benzene rings is 3. The SMILES string of the molecule is CC(C)(C)OC(=O)Cc1cc(F)ccc1NC(=O)c1ccc(N2CCCCC2)c(NC(=O)c2nn(CC3CCCOC3)c3ccccc23)c1. The van der Waals surface area contributed by atoms with Crippen molar-refractivity contribution in [3.05, 3.63) is 83.3 Å². The van der Waals surface area contributed by atoms with E-state index in [-0.39, 0.29) is 17.9 Å². The molecule has 10 nitrogen and oxygen atoms in total. The first-order valence-electron chi connectivity index (χ1n) is 17.1. The van der Waals surface area contributed by atoms with Crippen LogP contribution < -0.4 is 15.5 Å². The Morgan fingerprint density at radius 1 is 0.939 bits per heavy atom. The van der Waals surface area contributed by atoms with E-state index in [0.29, 0.717) is 41.7 Å². The number of piperidine rings is 1. The lowest BCUT2D eigenvalue weighted by Crippen LogP contribution is -2.30. The monoisotopic (exact) mass is 669 g/mol. The molecule has 0 spiro atoms. The summed E-state index contributed by atoms with van der Waals surface area (Å²) < 4.78 is 27.2. The van der Waals surface area contributed by atoms with Gasteiger partial charge in [0.2, 0.25) is 0 Å². The number of fused-ring (bicyclic) bond motifs is 1. The van der Waals surface area contributed by atoms with Gasteiger partial charge in [-0.25, -0.2) is 4.39 Å². The zero-order valence-corrected chi connectivity index (χ0v) is 28.4. The quantitative estimate of drug-likeness (QED) is 0.185. The van der Waals surface area contributed by atoms with Crippen LogP contribution in [0.15, 0.2) is 60.7 Å². The van der Waals surface area contributed by atoms with Crippen LogP contribution in [0, 0.1) is 11.7 Å². The number of nitrogens with zero attached hydrogens (tertiary/aromatic N) is 3. The average Bonchev–Trinajstić information content (AvgIpc) is 3.44. The molecule has 2 aliphatic heterocycles. The van der Waals surface area contributed by atoms with Crippen LogP contribution in [0.5, 0.6) is 0 Å². The van der Waals surface area contributed by atoms with Gasteiger partial charge in [0.1, 0.15) is 11.4 Å². The van der Waals surface area contributed by atoms with Crippen LogP contribution >= 0.6 is 0 Å². The summed E-state index contributed by atoms with van der Waals surface area (Å²) >= 11 is 0. The van der Waals surface area contributed by atoms with Crippen molar-refractivity contribution < 1.29 is 28.2 Å². The van der Waals surface area contributed by atoms with Crippen molar-refractivity contribution >= 4 is 45.7 Å². The van der Waals surface area contributed by atoms with Crippen LogP contribution in [0.4, 0.5) is 21.5 Å². The molecule has 1 aromatic heterocycles. The number of ether oxygens (including phenoxy) is 2. The highest BCUT2D eigenvalue weighted by atomic mass is 19.1. The topological polar surface area (TPSA) is 115 Å². The molecule has 0 bridgehead atoms. The van der Waals surface area contributed by atoms with Gasteiger partial charge in [-0.1, -0.05) is 18.2 Å². The summed E-state index contributed by atoms with van der Waals surface area (Å²) in [5.74, 6) is -1.59. The summed E-state index contributed by atoms with van der Waals surface area (Å²) in [6, 6.07) is 16.8. The number of para-hydroxylation sites is 1. The van der Waals surface area contributed by atoms with E-state index in [0.717, 1.165) is 68.4 Å². The van der Waals surface area contributed by atoms with Gasteiger partial charge in [-0.15, -0.1) is 0 Å². The van der Waals surface area contributed by atoms with Gasteiger partial charge in [0.05, 0.1) is 29.9 Å². The summed E-state index contributed by atoms with van der Waals surface area (Å²) in [6.45, 7) is 9.03. The number of esters is 1. The number of nitrogens with one attached hydrogen (secondary N) is 2. The standard InChI is InChI=1S/C38H44FN5O5/c1-38(2,3)49-34(45)22-27-20-28(39)14-15-30(27)40-36(46)26-13-16-33(43-17-7-4-8-18-43)31(21-26)41-37(47)35-29-11-5-6-12-32(29)44(42-35)23-25-10-9-19-48-24-25/h5-6,11-16,20-21,25H,4,7-10,17-19,22-24H2,1-3H3,(H,40,46)(H,41,47). The lowest BCUT2D eigenvalue weighted by Gasteiger charge is -2.30. The minimum absolute atomic E-state index is 0.214. The molecule has 3 aromatic carbocycles. The van der Waals surface area contributed by atoms with E-state index in [9.17, 15) is 18.8 Å². The molecule has 2 saturated heterocycles. The van der Waals surface area contributed by atoms with Crippen LogP contribution in [0.3, 0.4) is 0 Å². The number of rotatable bonds is 9. The third-order valence-corrected chi connectivity index (χ3v) is 8.83. The van der Waals surface area contributed by atoms with Crippen molar-refractivity contribution in [2.45, 2.75) is 71.4 Å². The Labute approximate surface area is 285 Å². The molecule has 3 heterocycles. The molecule has 0 saturated carbocycles. The number of anilines is 3. The van der Waals surface area contributed by atoms with Crippen molar-refractivity contribution in [2.75, 3.05) is 41.8 Å².